The first-order valence-electron chi connectivity index (χ1n) is 14.3. The number of piperidine rings is 1. The number of allylic oxidation sites excluding steroid dienone is 1. The van der Waals surface area contributed by atoms with E-state index in [2.05, 4.69) is 68.5 Å². The minimum atomic E-state index is -0.283. The Kier molecular flexibility index (Phi) is 11.2. The van der Waals surface area contributed by atoms with Crippen LogP contribution in [0.3, 0.4) is 0 Å². The Hall–Kier alpha value is -3.59. The maximum atomic E-state index is 14.1. The molecule has 1 amide bonds. The fraction of sp³-hybridized carbons (Fsp3) is 0.485. The summed E-state index contributed by atoms with van der Waals surface area (Å²) in [6.07, 6.45) is 14.9. The van der Waals surface area contributed by atoms with Gasteiger partial charge in [-0.2, -0.15) is 0 Å². The molecule has 0 spiro atoms. The van der Waals surface area contributed by atoms with Gasteiger partial charge < -0.3 is 9.80 Å². The maximum absolute atomic E-state index is 14.1. The summed E-state index contributed by atoms with van der Waals surface area (Å²) in [4.78, 5) is 29.7. The van der Waals surface area contributed by atoms with Crippen LogP contribution in [-0.2, 0) is 17.6 Å². The van der Waals surface area contributed by atoms with Gasteiger partial charge in [-0.3, -0.25) is 19.7 Å². The first kappa shape index (κ1) is 30.0. The van der Waals surface area contributed by atoms with Gasteiger partial charge in [0.2, 0.25) is 0 Å². The van der Waals surface area contributed by atoms with Crippen LogP contribution in [0.25, 0.3) is 0 Å². The zero-order chi connectivity index (χ0) is 28.4. The molecule has 0 aromatic heterocycles. The van der Waals surface area contributed by atoms with Gasteiger partial charge >= 0.3 is 0 Å². The molecule has 39 heavy (non-hydrogen) atoms. The molecule has 1 aromatic carbocycles. The van der Waals surface area contributed by atoms with E-state index in [4.69, 9.17) is 16.4 Å². The molecule has 1 unspecified atom stereocenters. The number of hydrogen-bond donors (Lipinski definition) is 0. The summed E-state index contributed by atoms with van der Waals surface area (Å²) in [7, 11) is 0. The van der Waals surface area contributed by atoms with E-state index in [1.807, 2.05) is 18.7 Å². The van der Waals surface area contributed by atoms with Crippen molar-refractivity contribution in [3.63, 3.8) is 0 Å². The molecule has 0 bridgehead atoms. The number of carbonyl (C=O) groups is 1. The molecule has 3 rings (SSSR count). The molecule has 0 radical (unpaired) electrons. The van der Waals surface area contributed by atoms with E-state index in [-0.39, 0.29) is 11.9 Å². The van der Waals surface area contributed by atoms with E-state index in [1.165, 1.54) is 23.1 Å². The number of carbonyl (C=O) groups excluding carboxylic acids is 1. The van der Waals surface area contributed by atoms with Gasteiger partial charge in [-0.15, -0.1) is 6.42 Å². The van der Waals surface area contributed by atoms with E-state index >= 15 is 0 Å². The van der Waals surface area contributed by atoms with E-state index in [0.717, 1.165) is 49.5 Å². The van der Waals surface area contributed by atoms with Crippen LogP contribution in [0.4, 0.5) is 0 Å². The third-order valence-electron chi connectivity index (χ3n) is 7.30. The number of amides is 1. The molecule has 0 N–H and O–H groups in total. The molecular weight excluding hydrogens is 482 g/mol. The normalized spacial score (nSPS) is 20.9. The molecule has 2 heterocycles. The van der Waals surface area contributed by atoms with Gasteiger partial charge in [-0.25, -0.2) is 0 Å². The standard InChI is InChI=1S/C33H45N5O/c1-8-28-16-12-13-17-29(28)22-30(34-10-3)23-37-24-35-26(6)31(9-2)32(36-19-14-11-15-20-36)38(21-18-25(4)5)27(7)33(37)39/h2,12-13,16-18,24,26H,7-8,10-11,14-15,19-23H2,1,3-6H3/b32-31-,34-30?,35-24?. The Labute approximate surface area is 235 Å². The fourth-order valence-electron chi connectivity index (χ4n) is 5.14. The van der Waals surface area contributed by atoms with E-state index in [0.29, 0.717) is 31.8 Å². The highest BCUT2D eigenvalue weighted by Crippen LogP contribution is 2.28. The molecule has 2 aliphatic heterocycles. The zero-order valence-corrected chi connectivity index (χ0v) is 24.5. The summed E-state index contributed by atoms with van der Waals surface area (Å²) in [5, 5.41) is 0. The van der Waals surface area contributed by atoms with Gasteiger partial charge in [0.15, 0.2) is 0 Å². The topological polar surface area (TPSA) is 51.5 Å². The van der Waals surface area contributed by atoms with Crippen molar-refractivity contribution in [2.24, 2.45) is 9.98 Å². The van der Waals surface area contributed by atoms with Crippen molar-refractivity contribution < 1.29 is 4.79 Å². The summed E-state index contributed by atoms with van der Waals surface area (Å²) in [6.45, 7) is 18.0. The first-order valence-corrected chi connectivity index (χ1v) is 14.3. The molecule has 1 aromatic rings. The number of benzene rings is 1. The molecular formula is C33H45N5O. The van der Waals surface area contributed by atoms with Gasteiger partial charge in [0.25, 0.3) is 5.91 Å². The SMILES string of the molecule is C#C/C1=C(\N2CCCCC2)N(CC=C(C)C)C(=C)C(=O)N(CC(Cc2ccccc2CC)=NCC)C=NC1C. The third kappa shape index (κ3) is 7.72. The maximum Gasteiger partial charge on any atom is 0.275 e. The first-order chi connectivity index (χ1) is 18.8. The smallest absolute Gasteiger partial charge is 0.275 e. The number of aryl methyl sites for hydroxylation is 1. The lowest BCUT2D eigenvalue weighted by Crippen LogP contribution is -2.44. The Balaban J connectivity index is 2.02. The van der Waals surface area contributed by atoms with Gasteiger partial charge in [-0.05, 0) is 64.5 Å². The second-order valence-electron chi connectivity index (χ2n) is 10.5. The average molecular weight is 528 g/mol. The zero-order valence-electron chi connectivity index (χ0n) is 24.5. The molecule has 208 valence electrons. The van der Waals surface area contributed by atoms with Crippen molar-refractivity contribution in [3.05, 3.63) is 70.7 Å². The second kappa shape index (κ2) is 14.5. The summed E-state index contributed by atoms with van der Waals surface area (Å²) in [5.41, 5.74) is 5.82. The van der Waals surface area contributed by atoms with Crippen LogP contribution < -0.4 is 0 Å². The van der Waals surface area contributed by atoms with Gasteiger partial charge in [0, 0.05) is 38.3 Å². The Morgan fingerprint density at radius 3 is 2.49 bits per heavy atom. The summed E-state index contributed by atoms with van der Waals surface area (Å²) >= 11 is 0. The lowest BCUT2D eigenvalue weighted by atomic mass is 10.00. The molecule has 0 aliphatic carbocycles. The predicted octanol–water partition coefficient (Wildman–Crippen LogP) is 5.62. The highest BCUT2D eigenvalue weighted by molar-refractivity contribution is 6.03. The van der Waals surface area contributed by atoms with Crippen molar-refractivity contribution >= 4 is 18.0 Å². The predicted molar refractivity (Wildman–Crippen MR) is 164 cm³/mol. The molecule has 2 aliphatic rings. The molecule has 6 heteroatoms. The fourth-order valence-corrected chi connectivity index (χ4v) is 5.14. The number of rotatable bonds is 9. The lowest BCUT2D eigenvalue weighted by Gasteiger charge is -2.39. The van der Waals surface area contributed by atoms with Crippen molar-refractivity contribution in [3.8, 4) is 12.3 Å². The summed E-state index contributed by atoms with van der Waals surface area (Å²) < 4.78 is 0. The quantitative estimate of drug-likeness (QED) is 0.181. The number of hydrogen-bond acceptors (Lipinski definition) is 5. The lowest BCUT2D eigenvalue weighted by molar-refractivity contribution is -0.124. The van der Waals surface area contributed by atoms with Crippen LogP contribution in [-0.4, -0.2) is 71.4 Å². The average Bonchev–Trinajstić information content (AvgIpc) is 2.97. The minimum Gasteiger partial charge on any atom is -0.357 e. The van der Waals surface area contributed by atoms with Gasteiger partial charge in [0.1, 0.15) is 11.5 Å². The van der Waals surface area contributed by atoms with Gasteiger partial charge in [0.05, 0.1) is 24.5 Å². The number of terminal acetylenes is 1. The molecule has 0 saturated carbocycles. The van der Waals surface area contributed by atoms with Crippen LogP contribution in [0.15, 0.2) is 69.6 Å². The van der Waals surface area contributed by atoms with Crippen molar-refractivity contribution in [1.82, 2.24) is 14.7 Å². The molecule has 1 fully saturated rings. The monoisotopic (exact) mass is 527 g/mol. The van der Waals surface area contributed by atoms with Crippen LogP contribution in [0, 0.1) is 12.3 Å². The highest BCUT2D eigenvalue weighted by atomic mass is 16.2. The van der Waals surface area contributed by atoms with Gasteiger partial charge in [-0.1, -0.05) is 55.3 Å². The number of likely N-dealkylation sites (tertiary alicyclic amines) is 1. The van der Waals surface area contributed by atoms with Crippen molar-refractivity contribution in [2.75, 3.05) is 32.7 Å². The Morgan fingerprint density at radius 1 is 1.18 bits per heavy atom. The number of nitrogens with zero attached hydrogens (tertiary/aromatic N) is 5. The minimum absolute atomic E-state index is 0.187. The molecule has 1 atom stereocenters. The Morgan fingerprint density at radius 2 is 1.87 bits per heavy atom. The largest absolute Gasteiger partial charge is 0.357 e. The van der Waals surface area contributed by atoms with E-state index in [1.54, 1.807) is 11.2 Å². The van der Waals surface area contributed by atoms with Crippen LogP contribution in [0.1, 0.15) is 65.0 Å². The third-order valence-corrected chi connectivity index (χ3v) is 7.30. The highest BCUT2D eigenvalue weighted by Gasteiger charge is 2.31. The summed E-state index contributed by atoms with van der Waals surface area (Å²) in [5.74, 6) is 3.64. The summed E-state index contributed by atoms with van der Waals surface area (Å²) in [6, 6.07) is 8.15. The second-order valence-corrected chi connectivity index (χ2v) is 10.5. The van der Waals surface area contributed by atoms with E-state index < -0.39 is 0 Å². The number of aliphatic imine (C=N–C) groups is 2. The van der Waals surface area contributed by atoms with Crippen LogP contribution in [0.2, 0.25) is 0 Å². The Bertz CT molecular complexity index is 1190. The van der Waals surface area contributed by atoms with Crippen molar-refractivity contribution in [2.45, 2.75) is 72.8 Å². The molecule has 6 nitrogen and oxygen atoms in total. The van der Waals surface area contributed by atoms with Crippen molar-refractivity contribution in [1.29, 1.82) is 0 Å². The van der Waals surface area contributed by atoms with E-state index in [9.17, 15) is 4.79 Å². The molecule has 1 saturated heterocycles. The van der Waals surface area contributed by atoms with Crippen LogP contribution >= 0.6 is 0 Å². The van der Waals surface area contributed by atoms with Crippen LogP contribution in [0.5, 0.6) is 0 Å².